The molecular formula is C14H21N3O3. The first-order chi connectivity index (χ1) is 9.60. The van der Waals surface area contributed by atoms with Crippen LogP contribution in [-0.4, -0.2) is 42.0 Å². The Morgan fingerprint density at radius 1 is 1.40 bits per heavy atom. The number of amidine groups is 1. The number of nitrogens with zero attached hydrogens (tertiary/aromatic N) is 2. The molecule has 6 nitrogen and oxygen atoms in total. The van der Waals surface area contributed by atoms with Crippen molar-refractivity contribution in [2.45, 2.75) is 19.8 Å². The first-order valence-corrected chi connectivity index (χ1v) is 6.47. The Balaban J connectivity index is 2.57. The first kappa shape index (κ1) is 15.8. The summed E-state index contributed by atoms with van der Waals surface area (Å²) in [7, 11) is 1.60. The molecule has 0 aromatic heterocycles. The fourth-order valence-corrected chi connectivity index (χ4v) is 1.79. The van der Waals surface area contributed by atoms with Crippen molar-refractivity contribution < 1.29 is 14.7 Å². The second-order valence-corrected chi connectivity index (χ2v) is 4.34. The number of benzene rings is 1. The van der Waals surface area contributed by atoms with E-state index in [2.05, 4.69) is 5.16 Å². The fourth-order valence-electron chi connectivity index (χ4n) is 1.79. The monoisotopic (exact) mass is 279 g/mol. The number of rotatable bonds is 7. The van der Waals surface area contributed by atoms with E-state index in [1.807, 2.05) is 31.2 Å². The standard InChI is InChI=1S/C14H21N3O3/c1-3-17(9-8-13(15)16-19)14(18)10-11-4-6-12(20-2)7-5-11/h4-7,19H,3,8-10H2,1-2H3,(H2,15,16). The molecule has 110 valence electrons. The van der Waals surface area contributed by atoms with Gasteiger partial charge in [0, 0.05) is 19.5 Å². The minimum Gasteiger partial charge on any atom is -0.497 e. The molecule has 1 rings (SSSR count). The zero-order valence-corrected chi connectivity index (χ0v) is 11.9. The lowest BCUT2D eigenvalue weighted by Crippen LogP contribution is -2.35. The van der Waals surface area contributed by atoms with Crippen LogP contribution in [-0.2, 0) is 11.2 Å². The van der Waals surface area contributed by atoms with E-state index < -0.39 is 0 Å². The molecule has 1 aromatic rings. The maximum atomic E-state index is 12.2. The summed E-state index contributed by atoms with van der Waals surface area (Å²) in [6, 6.07) is 7.40. The third-order valence-corrected chi connectivity index (χ3v) is 3.02. The van der Waals surface area contributed by atoms with Crippen LogP contribution in [0.5, 0.6) is 5.75 Å². The van der Waals surface area contributed by atoms with Crippen LogP contribution in [0.2, 0.25) is 0 Å². The summed E-state index contributed by atoms with van der Waals surface area (Å²) in [5.41, 5.74) is 6.34. The summed E-state index contributed by atoms with van der Waals surface area (Å²) in [6.45, 7) is 2.94. The lowest BCUT2D eigenvalue weighted by molar-refractivity contribution is -0.130. The highest BCUT2D eigenvalue weighted by Gasteiger charge is 2.12. The number of hydrogen-bond donors (Lipinski definition) is 2. The molecule has 1 aromatic carbocycles. The van der Waals surface area contributed by atoms with Crippen LogP contribution in [0.15, 0.2) is 29.4 Å². The molecule has 6 heteroatoms. The molecule has 0 saturated heterocycles. The van der Waals surface area contributed by atoms with Crippen molar-refractivity contribution in [1.82, 2.24) is 4.90 Å². The summed E-state index contributed by atoms with van der Waals surface area (Å²) < 4.78 is 5.07. The number of ether oxygens (including phenoxy) is 1. The predicted octanol–water partition coefficient (Wildman–Crippen LogP) is 1.22. The summed E-state index contributed by atoms with van der Waals surface area (Å²) in [4.78, 5) is 13.8. The van der Waals surface area contributed by atoms with E-state index in [9.17, 15) is 4.79 Å². The molecule has 0 saturated carbocycles. The van der Waals surface area contributed by atoms with E-state index in [1.54, 1.807) is 12.0 Å². The average Bonchev–Trinajstić information content (AvgIpc) is 2.48. The minimum atomic E-state index is 0.0170. The maximum Gasteiger partial charge on any atom is 0.226 e. The van der Waals surface area contributed by atoms with Gasteiger partial charge >= 0.3 is 0 Å². The Kier molecular flexibility index (Phi) is 6.36. The molecule has 0 aliphatic rings. The summed E-state index contributed by atoms with van der Waals surface area (Å²) in [5.74, 6) is 0.907. The van der Waals surface area contributed by atoms with Crippen molar-refractivity contribution in [3.05, 3.63) is 29.8 Å². The van der Waals surface area contributed by atoms with Gasteiger partial charge in [0.25, 0.3) is 0 Å². The van der Waals surface area contributed by atoms with Crippen LogP contribution in [0.4, 0.5) is 0 Å². The van der Waals surface area contributed by atoms with Crippen LogP contribution in [0.25, 0.3) is 0 Å². The predicted molar refractivity (Wildman–Crippen MR) is 77.0 cm³/mol. The van der Waals surface area contributed by atoms with Gasteiger partial charge in [-0.3, -0.25) is 4.79 Å². The van der Waals surface area contributed by atoms with Gasteiger partial charge in [-0.15, -0.1) is 0 Å². The van der Waals surface area contributed by atoms with Gasteiger partial charge in [0.05, 0.1) is 13.5 Å². The zero-order valence-electron chi connectivity index (χ0n) is 11.9. The second kappa shape index (κ2) is 8.04. The molecule has 3 N–H and O–H groups in total. The topological polar surface area (TPSA) is 88.1 Å². The molecule has 0 aliphatic heterocycles. The third kappa shape index (κ3) is 4.79. The number of nitrogens with two attached hydrogens (primary N) is 1. The Labute approximate surface area is 118 Å². The Morgan fingerprint density at radius 3 is 2.55 bits per heavy atom. The summed E-state index contributed by atoms with van der Waals surface area (Å²) in [6.07, 6.45) is 0.687. The number of methoxy groups -OCH3 is 1. The van der Waals surface area contributed by atoms with Crippen molar-refractivity contribution in [3.63, 3.8) is 0 Å². The fraction of sp³-hybridized carbons (Fsp3) is 0.429. The maximum absolute atomic E-state index is 12.2. The minimum absolute atomic E-state index is 0.0170. The van der Waals surface area contributed by atoms with Gasteiger partial charge in [0.2, 0.25) is 5.91 Å². The molecule has 0 bridgehead atoms. The van der Waals surface area contributed by atoms with Gasteiger partial charge in [0.1, 0.15) is 11.6 Å². The largest absolute Gasteiger partial charge is 0.497 e. The molecule has 1 amide bonds. The van der Waals surface area contributed by atoms with Crippen LogP contribution in [0, 0.1) is 0 Å². The Hall–Kier alpha value is -2.24. The van der Waals surface area contributed by atoms with Gasteiger partial charge in [-0.2, -0.15) is 0 Å². The van der Waals surface area contributed by atoms with Gasteiger partial charge in [0.15, 0.2) is 0 Å². The first-order valence-electron chi connectivity index (χ1n) is 6.47. The van der Waals surface area contributed by atoms with Gasteiger partial charge in [-0.05, 0) is 24.6 Å². The van der Waals surface area contributed by atoms with Crippen molar-refractivity contribution >= 4 is 11.7 Å². The average molecular weight is 279 g/mol. The molecule has 20 heavy (non-hydrogen) atoms. The highest BCUT2D eigenvalue weighted by atomic mass is 16.5. The van der Waals surface area contributed by atoms with Crippen LogP contribution >= 0.6 is 0 Å². The van der Waals surface area contributed by atoms with Crippen LogP contribution < -0.4 is 10.5 Å². The lowest BCUT2D eigenvalue weighted by atomic mass is 10.1. The smallest absolute Gasteiger partial charge is 0.226 e. The number of oxime groups is 1. The summed E-state index contributed by atoms with van der Waals surface area (Å²) >= 11 is 0. The molecule has 0 spiro atoms. The van der Waals surface area contributed by atoms with E-state index in [0.717, 1.165) is 11.3 Å². The zero-order chi connectivity index (χ0) is 15.0. The van der Waals surface area contributed by atoms with Gasteiger partial charge in [-0.1, -0.05) is 17.3 Å². The van der Waals surface area contributed by atoms with Crippen molar-refractivity contribution in [2.24, 2.45) is 10.9 Å². The number of hydrogen-bond acceptors (Lipinski definition) is 4. The molecule has 0 heterocycles. The quantitative estimate of drug-likeness (QED) is 0.340. The number of amides is 1. The van der Waals surface area contributed by atoms with E-state index in [0.29, 0.717) is 25.9 Å². The second-order valence-electron chi connectivity index (χ2n) is 4.34. The van der Waals surface area contributed by atoms with E-state index in [-0.39, 0.29) is 11.7 Å². The Bertz CT molecular complexity index is 457. The molecule has 0 radical (unpaired) electrons. The number of likely N-dealkylation sites (N-methyl/N-ethyl adjacent to an activating group) is 1. The van der Waals surface area contributed by atoms with Crippen LogP contribution in [0.1, 0.15) is 18.9 Å². The van der Waals surface area contributed by atoms with Crippen molar-refractivity contribution in [2.75, 3.05) is 20.2 Å². The molecule has 0 aliphatic carbocycles. The summed E-state index contributed by atoms with van der Waals surface area (Å²) in [5, 5.41) is 11.4. The van der Waals surface area contributed by atoms with Crippen LogP contribution in [0.3, 0.4) is 0 Å². The molecule has 0 atom stereocenters. The highest BCUT2D eigenvalue weighted by molar-refractivity contribution is 5.82. The third-order valence-electron chi connectivity index (χ3n) is 3.02. The molecular weight excluding hydrogens is 258 g/mol. The van der Waals surface area contributed by atoms with Gasteiger partial charge in [-0.25, -0.2) is 0 Å². The van der Waals surface area contributed by atoms with Crippen molar-refractivity contribution in [1.29, 1.82) is 0 Å². The lowest BCUT2D eigenvalue weighted by Gasteiger charge is -2.20. The Morgan fingerprint density at radius 2 is 2.05 bits per heavy atom. The van der Waals surface area contributed by atoms with Gasteiger partial charge < -0.3 is 20.6 Å². The normalized spacial score (nSPS) is 11.2. The van der Waals surface area contributed by atoms with E-state index >= 15 is 0 Å². The highest BCUT2D eigenvalue weighted by Crippen LogP contribution is 2.12. The van der Waals surface area contributed by atoms with E-state index in [4.69, 9.17) is 15.7 Å². The SMILES string of the molecule is CCN(CCC(N)=NO)C(=O)Cc1ccc(OC)cc1. The number of carbonyl (C=O) groups excluding carboxylic acids is 1. The number of carbonyl (C=O) groups is 1. The van der Waals surface area contributed by atoms with E-state index in [1.165, 1.54) is 0 Å². The molecule has 0 fully saturated rings. The molecule has 0 unspecified atom stereocenters. The van der Waals surface area contributed by atoms with Crippen molar-refractivity contribution in [3.8, 4) is 5.75 Å².